The predicted molar refractivity (Wildman–Crippen MR) is 137 cm³/mol. The maximum Gasteiger partial charge on any atom is 0.191 e. The van der Waals surface area contributed by atoms with Crippen molar-refractivity contribution in [3.8, 4) is 0 Å². The third-order valence-corrected chi connectivity index (χ3v) is 6.62. The number of hydrogen-bond donors (Lipinski definition) is 2. The Labute approximate surface area is 205 Å². The van der Waals surface area contributed by atoms with E-state index in [1.807, 2.05) is 0 Å². The Hall–Kier alpha value is -0.900. The van der Waals surface area contributed by atoms with Gasteiger partial charge in [0.2, 0.25) is 0 Å². The summed E-state index contributed by atoms with van der Waals surface area (Å²) in [4.78, 5) is 4.97. The highest BCUT2D eigenvalue weighted by atomic mass is 127. The van der Waals surface area contributed by atoms with Gasteiger partial charge in [0.1, 0.15) is 11.6 Å². The van der Waals surface area contributed by atoms with Crippen LogP contribution in [-0.2, 0) is 24.1 Å². The van der Waals surface area contributed by atoms with E-state index in [4.69, 9.17) is 9.73 Å². The first kappa shape index (κ1) is 26.4. The normalized spacial score (nSPS) is 18.2. The summed E-state index contributed by atoms with van der Waals surface area (Å²) >= 11 is 0. The number of aliphatic imine (C=N–C) groups is 1. The Morgan fingerprint density at radius 3 is 2.71 bits per heavy atom. The van der Waals surface area contributed by atoms with Gasteiger partial charge in [0.05, 0.1) is 0 Å². The molecule has 0 bridgehead atoms. The van der Waals surface area contributed by atoms with Crippen LogP contribution >= 0.6 is 24.0 Å². The fourth-order valence-corrected chi connectivity index (χ4v) is 4.82. The van der Waals surface area contributed by atoms with Gasteiger partial charge in [-0.05, 0) is 57.8 Å². The number of rotatable bonds is 11. The van der Waals surface area contributed by atoms with E-state index in [0.29, 0.717) is 5.41 Å². The molecule has 0 saturated heterocycles. The van der Waals surface area contributed by atoms with Gasteiger partial charge in [0.15, 0.2) is 5.96 Å². The van der Waals surface area contributed by atoms with E-state index in [1.54, 1.807) is 0 Å². The summed E-state index contributed by atoms with van der Waals surface area (Å²) < 4.78 is 8.00. The molecule has 0 spiro atoms. The Morgan fingerprint density at radius 1 is 1.10 bits per heavy atom. The standard InChI is InChI=1S/C23H42N6O.HI/c1-3-24-22(26-19-23(13-7-8-14-23)15-18-30-4-2)25-16-10-12-21-28-27-20-11-6-5-9-17-29(20)21;/h3-19H2,1-2H3,(H2,24,25,26);1H. The zero-order valence-electron chi connectivity index (χ0n) is 19.6. The van der Waals surface area contributed by atoms with Crippen LogP contribution in [0.4, 0.5) is 0 Å². The molecular weight excluding hydrogens is 503 g/mol. The molecule has 0 radical (unpaired) electrons. The monoisotopic (exact) mass is 546 g/mol. The van der Waals surface area contributed by atoms with E-state index in [9.17, 15) is 0 Å². The number of fused-ring (bicyclic) bond motifs is 1. The van der Waals surface area contributed by atoms with E-state index in [0.717, 1.165) is 76.9 Å². The second-order valence-corrected chi connectivity index (χ2v) is 8.87. The van der Waals surface area contributed by atoms with Gasteiger partial charge < -0.3 is 19.9 Å². The van der Waals surface area contributed by atoms with Crippen molar-refractivity contribution in [2.75, 3.05) is 32.8 Å². The lowest BCUT2D eigenvalue weighted by molar-refractivity contribution is 0.107. The number of aryl methyl sites for hydroxylation is 2. The summed E-state index contributed by atoms with van der Waals surface area (Å²) in [5, 5.41) is 15.8. The van der Waals surface area contributed by atoms with Gasteiger partial charge >= 0.3 is 0 Å². The van der Waals surface area contributed by atoms with Crippen molar-refractivity contribution in [2.45, 2.75) is 91.0 Å². The molecule has 178 valence electrons. The Kier molecular flexibility index (Phi) is 12.1. The SMILES string of the molecule is CCNC(=NCC1(CCOCC)CCCC1)NCCCc1nnc2n1CCCCC2.I. The van der Waals surface area contributed by atoms with Gasteiger partial charge in [-0.25, -0.2) is 0 Å². The van der Waals surface area contributed by atoms with E-state index in [-0.39, 0.29) is 24.0 Å². The molecule has 2 aliphatic rings. The summed E-state index contributed by atoms with van der Waals surface area (Å²) in [5.74, 6) is 3.27. The fourth-order valence-electron chi connectivity index (χ4n) is 4.82. The van der Waals surface area contributed by atoms with Gasteiger partial charge in [0, 0.05) is 52.2 Å². The second kappa shape index (κ2) is 14.3. The average Bonchev–Trinajstić information content (AvgIpc) is 3.30. The summed E-state index contributed by atoms with van der Waals surface area (Å²) in [6, 6.07) is 0. The molecule has 1 aliphatic heterocycles. The molecule has 0 unspecified atom stereocenters. The van der Waals surface area contributed by atoms with Gasteiger partial charge in [0.25, 0.3) is 0 Å². The molecule has 3 rings (SSSR count). The van der Waals surface area contributed by atoms with Crippen molar-refractivity contribution in [3.05, 3.63) is 11.6 Å². The van der Waals surface area contributed by atoms with Crippen LogP contribution in [0.5, 0.6) is 0 Å². The highest BCUT2D eigenvalue weighted by Crippen LogP contribution is 2.41. The first-order valence-electron chi connectivity index (χ1n) is 12.3. The van der Waals surface area contributed by atoms with Crippen molar-refractivity contribution in [3.63, 3.8) is 0 Å². The van der Waals surface area contributed by atoms with Crippen molar-refractivity contribution >= 4 is 29.9 Å². The minimum absolute atomic E-state index is 0. The van der Waals surface area contributed by atoms with Crippen LogP contribution in [0.3, 0.4) is 0 Å². The molecular formula is C23H43IN6O. The molecule has 8 heteroatoms. The molecule has 1 aliphatic carbocycles. The number of aromatic nitrogens is 3. The molecule has 0 aromatic carbocycles. The maximum atomic E-state index is 5.64. The summed E-state index contributed by atoms with van der Waals surface area (Å²) in [5.41, 5.74) is 0.330. The highest BCUT2D eigenvalue weighted by molar-refractivity contribution is 14.0. The minimum atomic E-state index is 0. The summed E-state index contributed by atoms with van der Waals surface area (Å²) in [6.45, 7) is 9.63. The van der Waals surface area contributed by atoms with Gasteiger partial charge in [-0.1, -0.05) is 19.3 Å². The van der Waals surface area contributed by atoms with E-state index >= 15 is 0 Å². The van der Waals surface area contributed by atoms with Crippen LogP contribution in [0.25, 0.3) is 0 Å². The zero-order valence-corrected chi connectivity index (χ0v) is 22.0. The van der Waals surface area contributed by atoms with Gasteiger partial charge in [-0.2, -0.15) is 0 Å². The Morgan fingerprint density at radius 2 is 1.94 bits per heavy atom. The molecule has 31 heavy (non-hydrogen) atoms. The average molecular weight is 547 g/mol. The minimum Gasteiger partial charge on any atom is -0.382 e. The lowest BCUT2D eigenvalue weighted by Crippen LogP contribution is -2.39. The lowest BCUT2D eigenvalue weighted by atomic mass is 9.83. The summed E-state index contributed by atoms with van der Waals surface area (Å²) in [6.07, 6.45) is 13.2. The van der Waals surface area contributed by atoms with Crippen LogP contribution in [0.1, 0.15) is 83.3 Å². The molecule has 1 aromatic rings. The van der Waals surface area contributed by atoms with E-state index < -0.39 is 0 Å². The summed E-state index contributed by atoms with van der Waals surface area (Å²) in [7, 11) is 0. The van der Waals surface area contributed by atoms with E-state index in [2.05, 4.69) is 39.2 Å². The molecule has 1 fully saturated rings. The molecule has 0 amide bonds. The third kappa shape index (κ3) is 8.18. The Balaban J connectivity index is 0.00000341. The largest absolute Gasteiger partial charge is 0.382 e. The number of nitrogens with zero attached hydrogens (tertiary/aromatic N) is 4. The van der Waals surface area contributed by atoms with Crippen LogP contribution < -0.4 is 10.6 Å². The fraction of sp³-hybridized carbons (Fsp3) is 0.870. The number of nitrogens with one attached hydrogen (secondary N) is 2. The third-order valence-electron chi connectivity index (χ3n) is 6.62. The highest BCUT2D eigenvalue weighted by Gasteiger charge is 2.33. The first-order chi connectivity index (χ1) is 14.8. The maximum absolute atomic E-state index is 5.64. The predicted octanol–water partition coefficient (Wildman–Crippen LogP) is 4.10. The quantitative estimate of drug-likeness (QED) is 0.189. The molecule has 7 nitrogen and oxygen atoms in total. The van der Waals surface area contributed by atoms with Gasteiger partial charge in [-0.3, -0.25) is 4.99 Å². The molecule has 1 saturated carbocycles. The van der Waals surface area contributed by atoms with Crippen LogP contribution in [0, 0.1) is 5.41 Å². The molecule has 2 N–H and O–H groups in total. The molecule has 2 heterocycles. The van der Waals surface area contributed by atoms with Gasteiger partial charge in [-0.15, -0.1) is 34.2 Å². The van der Waals surface area contributed by atoms with Crippen molar-refractivity contribution in [1.29, 1.82) is 0 Å². The smallest absolute Gasteiger partial charge is 0.191 e. The molecule has 1 aromatic heterocycles. The van der Waals surface area contributed by atoms with Crippen molar-refractivity contribution in [2.24, 2.45) is 10.4 Å². The van der Waals surface area contributed by atoms with E-state index in [1.165, 1.54) is 50.8 Å². The second-order valence-electron chi connectivity index (χ2n) is 8.87. The first-order valence-corrected chi connectivity index (χ1v) is 12.3. The Bertz CT molecular complexity index is 656. The van der Waals surface area contributed by atoms with Crippen molar-refractivity contribution in [1.82, 2.24) is 25.4 Å². The lowest BCUT2D eigenvalue weighted by Gasteiger charge is -2.27. The van der Waals surface area contributed by atoms with Crippen LogP contribution in [0.2, 0.25) is 0 Å². The zero-order chi connectivity index (χ0) is 21.1. The van der Waals surface area contributed by atoms with Crippen molar-refractivity contribution < 1.29 is 4.74 Å². The van der Waals surface area contributed by atoms with Crippen LogP contribution in [-0.4, -0.2) is 53.6 Å². The number of hydrogen-bond acceptors (Lipinski definition) is 4. The number of halogens is 1. The number of ether oxygens (including phenoxy) is 1. The topological polar surface area (TPSA) is 76.4 Å². The van der Waals surface area contributed by atoms with Crippen LogP contribution in [0.15, 0.2) is 4.99 Å². The molecule has 0 atom stereocenters. The number of guanidine groups is 1.